The van der Waals surface area contributed by atoms with Gasteiger partial charge >= 0.3 is 0 Å². The van der Waals surface area contributed by atoms with E-state index in [9.17, 15) is 9.59 Å². The number of benzene rings is 2. The largest absolute Gasteiger partial charge is 0.353 e. The Balaban J connectivity index is 1.61. The molecular formula is C22H19NO4. The normalized spacial score (nSPS) is 35.9. The average Bonchev–Trinajstić information content (AvgIpc) is 3.26. The summed E-state index contributed by atoms with van der Waals surface area (Å²) in [7, 11) is 0. The van der Waals surface area contributed by atoms with Crippen molar-refractivity contribution in [2.24, 2.45) is 11.8 Å². The van der Waals surface area contributed by atoms with E-state index in [0.717, 1.165) is 22.0 Å². The number of nitrogens with zero attached hydrogens (tertiary/aromatic N) is 1. The second-order valence-electron chi connectivity index (χ2n) is 7.88. The van der Waals surface area contributed by atoms with Gasteiger partial charge in [0.1, 0.15) is 0 Å². The van der Waals surface area contributed by atoms with Crippen LogP contribution in [0, 0.1) is 11.8 Å². The summed E-state index contributed by atoms with van der Waals surface area (Å²) in [5.41, 5.74) is 2.14. The van der Waals surface area contributed by atoms with Gasteiger partial charge in [-0.05, 0) is 17.9 Å². The van der Waals surface area contributed by atoms with Crippen molar-refractivity contribution in [1.82, 2.24) is 0 Å². The molecule has 0 N–H and O–H groups in total. The minimum absolute atomic E-state index is 0.0270. The van der Waals surface area contributed by atoms with E-state index < -0.39 is 6.29 Å². The van der Waals surface area contributed by atoms with Crippen LogP contribution in [0.25, 0.3) is 16.8 Å². The predicted octanol–water partition coefficient (Wildman–Crippen LogP) is 2.57. The molecule has 2 bridgehead atoms. The number of ketones is 2. The van der Waals surface area contributed by atoms with Gasteiger partial charge in [-0.2, -0.15) is 0 Å². The minimum Gasteiger partial charge on any atom is -0.353 e. The molecule has 0 aromatic heterocycles. The van der Waals surface area contributed by atoms with Crippen molar-refractivity contribution in [2.45, 2.75) is 31.4 Å². The molecule has 4 aliphatic heterocycles. The zero-order valence-electron chi connectivity index (χ0n) is 14.9. The fourth-order valence-corrected chi connectivity index (χ4v) is 5.55. The molecule has 0 spiro atoms. The maximum absolute atomic E-state index is 13.0. The number of fused-ring (bicyclic) bond motifs is 10. The van der Waals surface area contributed by atoms with E-state index in [0.29, 0.717) is 6.61 Å². The van der Waals surface area contributed by atoms with Gasteiger partial charge in [0, 0.05) is 11.3 Å². The van der Waals surface area contributed by atoms with Crippen molar-refractivity contribution >= 4 is 34.1 Å². The molecule has 6 atom stereocenters. The third-order valence-corrected chi connectivity index (χ3v) is 6.55. The molecule has 2 aromatic rings. The molecule has 3 fully saturated rings. The summed E-state index contributed by atoms with van der Waals surface area (Å²) < 4.78 is 11.4. The number of carbonyl (C=O) groups is 2. The highest BCUT2D eigenvalue weighted by Gasteiger charge is 2.63. The van der Waals surface area contributed by atoms with Gasteiger partial charge < -0.3 is 14.4 Å². The fraction of sp³-hybridized carbons (Fsp3) is 0.364. The molecule has 3 saturated heterocycles. The van der Waals surface area contributed by atoms with E-state index in [1.54, 1.807) is 6.92 Å². The SMILES string of the molecule is CC(=O)[C@@H]1[C@@H]2[C@@H](C(=O)[C@H]3OC[C@@H]2O3)[C@@H]2C=Cc3ccc4ccccc4c3N12. The van der Waals surface area contributed by atoms with Crippen LogP contribution in [-0.2, 0) is 19.1 Å². The molecule has 5 heteroatoms. The third kappa shape index (κ3) is 1.91. The van der Waals surface area contributed by atoms with Gasteiger partial charge in [0.25, 0.3) is 0 Å². The lowest BCUT2D eigenvalue weighted by Crippen LogP contribution is -2.48. The second kappa shape index (κ2) is 5.27. The lowest BCUT2D eigenvalue weighted by molar-refractivity contribution is -0.164. The van der Waals surface area contributed by atoms with Crippen LogP contribution in [0.5, 0.6) is 0 Å². The zero-order chi connectivity index (χ0) is 18.3. The van der Waals surface area contributed by atoms with E-state index in [1.807, 2.05) is 12.1 Å². The summed E-state index contributed by atoms with van der Waals surface area (Å²) in [6.45, 7) is 2.01. The van der Waals surface area contributed by atoms with Crippen LogP contribution in [0.1, 0.15) is 12.5 Å². The number of anilines is 1. The van der Waals surface area contributed by atoms with Crippen LogP contribution in [0.2, 0.25) is 0 Å². The lowest BCUT2D eigenvalue weighted by atomic mass is 9.78. The van der Waals surface area contributed by atoms with E-state index in [1.165, 1.54) is 0 Å². The molecule has 6 rings (SSSR count). The molecule has 0 radical (unpaired) electrons. The van der Waals surface area contributed by atoms with Gasteiger partial charge in [-0.1, -0.05) is 48.6 Å². The smallest absolute Gasteiger partial charge is 0.218 e. The van der Waals surface area contributed by atoms with Gasteiger partial charge in [-0.3, -0.25) is 9.59 Å². The summed E-state index contributed by atoms with van der Waals surface area (Å²) in [6.07, 6.45) is 3.20. The zero-order valence-corrected chi connectivity index (χ0v) is 14.9. The lowest BCUT2D eigenvalue weighted by Gasteiger charge is -2.36. The topological polar surface area (TPSA) is 55.8 Å². The number of hydrogen-bond donors (Lipinski definition) is 0. The van der Waals surface area contributed by atoms with Gasteiger partial charge in [0.2, 0.25) is 6.29 Å². The van der Waals surface area contributed by atoms with Crippen molar-refractivity contribution in [2.75, 3.05) is 11.5 Å². The van der Waals surface area contributed by atoms with Gasteiger partial charge in [0.15, 0.2) is 11.6 Å². The van der Waals surface area contributed by atoms with Crippen molar-refractivity contribution in [1.29, 1.82) is 0 Å². The number of Topliss-reactive ketones (excluding diaryl/α,β-unsaturated/α-hetero) is 2. The fourth-order valence-electron chi connectivity index (χ4n) is 5.55. The Hall–Kier alpha value is -2.50. The Labute approximate surface area is 156 Å². The quantitative estimate of drug-likeness (QED) is 0.781. The van der Waals surface area contributed by atoms with Gasteiger partial charge in [-0.25, -0.2) is 0 Å². The predicted molar refractivity (Wildman–Crippen MR) is 100 cm³/mol. The molecule has 0 unspecified atom stereocenters. The highest BCUT2D eigenvalue weighted by Crippen LogP contribution is 2.51. The summed E-state index contributed by atoms with van der Waals surface area (Å²) in [4.78, 5) is 28.0. The molecule has 5 nitrogen and oxygen atoms in total. The molecule has 136 valence electrons. The first-order chi connectivity index (χ1) is 13.1. The first kappa shape index (κ1) is 15.5. The standard InChI is InChI=1S/C22H19NO4/c1-11(24)19-18-16-10-26-22(27-16)21(25)17(18)15-9-8-13-7-6-12-4-2-3-5-14(12)20(13)23(15)19/h2-9,15-19,22H,10H2,1H3/t15-,16-,17-,18-,19+,22-/m0/s1. The summed E-state index contributed by atoms with van der Waals surface area (Å²) in [5, 5.41) is 2.25. The van der Waals surface area contributed by atoms with Crippen molar-refractivity contribution in [3.8, 4) is 0 Å². The molecule has 0 amide bonds. The Morgan fingerprint density at radius 2 is 2.04 bits per heavy atom. The molecule has 4 heterocycles. The summed E-state index contributed by atoms with van der Waals surface area (Å²) >= 11 is 0. The van der Waals surface area contributed by atoms with Crippen LogP contribution in [0.3, 0.4) is 0 Å². The monoisotopic (exact) mass is 361 g/mol. The van der Waals surface area contributed by atoms with Gasteiger partial charge in [0.05, 0.1) is 36.4 Å². The van der Waals surface area contributed by atoms with E-state index >= 15 is 0 Å². The van der Waals surface area contributed by atoms with Crippen LogP contribution < -0.4 is 4.90 Å². The molecule has 2 aromatic carbocycles. The average molecular weight is 361 g/mol. The van der Waals surface area contributed by atoms with Gasteiger partial charge in [-0.15, -0.1) is 0 Å². The maximum atomic E-state index is 13.0. The molecule has 0 saturated carbocycles. The maximum Gasteiger partial charge on any atom is 0.218 e. The molecule has 0 aliphatic carbocycles. The van der Waals surface area contributed by atoms with Crippen LogP contribution >= 0.6 is 0 Å². The van der Waals surface area contributed by atoms with Crippen LogP contribution in [-0.4, -0.2) is 42.7 Å². The Bertz CT molecular complexity index is 1030. The number of rotatable bonds is 1. The Morgan fingerprint density at radius 1 is 1.19 bits per heavy atom. The summed E-state index contributed by atoms with van der Waals surface area (Å²) in [5.74, 6) is -0.397. The summed E-state index contributed by atoms with van der Waals surface area (Å²) in [6, 6.07) is 11.9. The van der Waals surface area contributed by atoms with E-state index in [-0.39, 0.29) is 41.6 Å². The van der Waals surface area contributed by atoms with Crippen LogP contribution in [0.4, 0.5) is 5.69 Å². The highest BCUT2D eigenvalue weighted by molar-refractivity contribution is 6.04. The first-order valence-corrected chi connectivity index (χ1v) is 9.45. The highest BCUT2D eigenvalue weighted by atomic mass is 16.7. The van der Waals surface area contributed by atoms with Crippen LogP contribution in [0.15, 0.2) is 42.5 Å². The van der Waals surface area contributed by atoms with Crippen molar-refractivity contribution in [3.63, 3.8) is 0 Å². The van der Waals surface area contributed by atoms with E-state index in [2.05, 4.69) is 41.3 Å². The minimum atomic E-state index is -0.772. The van der Waals surface area contributed by atoms with E-state index in [4.69, 9.17) is 9.47 Å². The van der Waals surface area contributed by atoms with Crippen molar-refractivity contribution in [3.05, 3.63) is 48.0 Å². The molecule has 27 heavy (non-hydrogen) atoms. The number of hydrogen-bond acceptors (Lipinski definition) is 5. The Kier molecular flexibility index (Phi) is 3.04. The molecule has 4 aliphatic rings. The Morgan fingerprint density at radius 3 is 2.89 bits per heavy atom. The second-order valence-corrected chi connectivity index (χ2v) is 7.88. The molecular weight excluding hydrogens is 342 g/mol. The number of carbonyl (C=O) groups excluding carboxylic acids is 2. The first-order valence-electron chi connectivity index (χ1n) is 9.45. The van der Waals surface area contributed by atoms with Crippen molar-refractivity contribution < 1.29 is 19.1 Å². The third-order valence-electron chi connectivity index (χ3n) is 6.55. The number of ether oxygens (including phenoxy) is 2.